The molecule has 0 fully saturated rings. The second-order valence-electron chi connectivity index (χ2n) is 7.31. The number of benzene rings is 1. The van der Waals surface area contributed by atoms with E-state index in [0.717, 1.165) is 18.3 Å². The normalized spacial score (nSPS) is 11.4. The van der Waals surface area contributed by atoms with E-state index >= 15 is 0 Å². The van der Waals surface area contributed by atoms with Gasteiger partial charge in [-0.15, -0.1) is 0 Å². The number of hydrogen-bond acceptors (Lipinski definition) is 7. The first kappa shape index (κ1) is 24.4. The van der Waals surface area contributed by atoms with Crippen LogP contribution < -0.4 is 10.0 Å². The van der Waals surface area contributed by atoms with Crippen molar-refractivity contribution in [1.29, 1.82) is 0 Å². The summed E-state index contributed by atoms with van der Waals surface area (Å²) in [7, 11) is -4.52. The van der Waals surface area contributed by atoms with E-state index in [2.05, 4.69) is 30.0 Å². The smallest absolute Gasteiger partial charge is 0.264 e. The van der Waals surface area contributed by atoms with Gasteiger partial charge in [0, 0.05) is 29.6 Å². The first-order valence-electron chi connectivity index (χ1n) is 9.90. The lowest BCUT2D eigenvalue weighted by molar-refractivity contribution is 0.551. The van der Waals surface area contributed by atoms with Crippen molar-refractivity contribution in [3.63, 3.8) is 0 Å². The zero-order chi connectivity index (χ0) is 25.3. The van der Waals surface area contributed by atoms with E-state index in [-0.39, 0.29) is 33.3 Å². The third-order valence-electron chi connectivity index (χ3n) is 4.89. The first-order chi connectivity index (χ1) is 16.5. The Hall–Kier alpha value is -3.77. The number of rotatable bonds is 6. The van der Waals surface area contributed by atoms with E-state index in [4.69, 9.17) is 11.6 Å². The number of aromatic nitrogens is 4. The molecule has 0 saturated heterocycles. The minimum atomic E-state index is -4.52. The summed E-state index contributed by atoms with van der Waals surface area (Å²) in [6.45, 7) is 3.19. The van der Waals surface area contributed by atoms with Gasteiger partial charge in [-0.2, -0.15) is 0 Å². The maximum atomic E-state index is 14.8. The number of aryl methyl sites for hydroxylation is 1. The Morgan fingerprint density at radius 3 is 2.37 bits per heavy atom. The number of anilines is 3. The van der Waals surface area contributed by atoms with Crippen LogP contribution in [0.1, 0.15) is 11.4 Å². The molecule has 1 aromatic carbocycles. The van der Waals surface area contributed by atoms with Gasteiger partial charge in [0.25, 0.3) is 10.0 Å². The van der Waals surface area contributed by atoms with Crippen LogP contribution in [0, 0.1) is 31.3 Å². The average Bonchev–Trinajstić information content (AvgIpc) is 2.78. The van der Waals surface area contributed by atoms with E-state index in [0.29, 0.717) is 17.7 Å². The van der Waals surface area contributed by atoms with E-state index < -0.39 is 32.4 Å². The molecule has 0 aliphatic carbocycles. The van der Waals surface area contributed by atoms with Crippen LogP contribution in [0.3, 0.4) is 0 Å². The summed E-state index contributed by atoms with van der Waals surface area (Å²) in [5.41, 5.74) is 0.270. The van der Waals surface area contributed by atoms with Crippen molar-refractivity contribution in [3.05, 3.63) is 82.9 Å². The lowest BCUT2D eigenvalue weighted by Crippen LogP contribution is -2.16. The maximum absolute atomic E-state index is 14.8. The Labute approximate surface area is 203 Å². The third kappa shape index (κ3) is 5.17. The predicted octanol–water partition coefficient (Wildman–Crippen LogP) is 5.17. The minimum Gasteiger partial charge on any atom is -0.325 e. The van der Waals surface area contributed by atoms with Gasteiger partial charge in [0.15, 0.2) is 5.15 Å². The largest absolute Gasteiger partial charge is 0.325 e. The van der Waals surface area contributed by atoms with Crippen molar-refractivity contribution in [3.8, 4) is 11.1 Å². The quantitative estimate of drug-likeness (QED) is 0.338. The Morgan fingerprint density at radius 1 is 0.886 bits per heavy atom. The van der Waals surface area contributed by atoms with Gasteiger partial charge < -0.3 is 5.32 Å². The minimum absolute atomic E-state index is 0.0448. The van der Waals surface area contributed by atoms with E-state index in [9.17, 15) is 21.6 Å². The molecule has 3 aromatic heterocycles. The highest BCUT2D eigenvalue weighted by Crippen LogP contribution is 2.36. The van der Waals surface area contributed by atoms with Crippen LogP contribution in [-0.2, 0) is 10.0 Å². The molecule has 0 saturated carbocycles. The van der Waals surface area contributed by atoms with Gasteiger partial charge in [-0.25, -0.2) is 41.5 Å². The molecule has 0 aliphatic heterocycles. The Balaban J connectivity index is 1.74. The summed E-state index contributed by atoms with van der Waals surface area (Å²) in [5.74, 6) is -1.72. The van der Waals surface area contributed by atoms with Gasteiger partial charge in [-0.05, 0) is 43.7 Å². The molecule has 3 heterocycles. The fraction of sp³-hybridized carbons (Fsp3) is 0.0909. The molecule has 13 heteroatoms. The molecule has 0 unspecified atom stereocenters. The highest BCUT2D eigenvalue weighted by atomic mass is 35.5. The van der Waals surface area contributed by atoms with E-state index in [1.165, 1.54) is 19.2 Å². The van der Waals surface area contributed by atoms with Crippen LogP contribution in [0.4, 0.5) is 30.5 Å². The predicted molar refractivity (Wildman–Crippen MR) is 124 cm³/mol. The zero-order valence-electron chi connectivity index (χ0n) is 18.1. The summed E-state index contributed by atoms with van der Waals surface area (Å²) in [4.78, 5) is 15.4. The second-order valence-corrected chi connectivity index (χ2v) is 9.32. The van der Waals surface area contributed by atoms with Crippen molar-refractivity contribution in [2.24, 2.45) is 0 Å². The first-order valence-corrected chi connectivity index (χ1v) is 11.8. The molecule has 4 aromatic rings. The van der Waals surface area contributed by atoms with Crippen LogP contribution in [-0.4, -0.2) is 28.4 Å². The fourth-order valence-electron chi connectivity index (χ4n) is 3.22. The third-order valence-corrected chi connectivity index (χ3v) is 6.56. The maximum Gasteiger partial charge on any atom is 0.264 e. The van der Waals surface area contributed by atoms with Crippen molar-refractivity contribution in [2.75, 3.05) is 10.0 Å². The second kappa shape index (κ2) is 9.47. The van der Waals surface area contributed by atoms with Crippen LogP contribution >= 0.6 is 11.6 Å². The Bertz CT molecular complexity index is 1550. The SMILES string of the molecule is Cc1nccc(Nc2cc(-c3cnc(Cl)c(NS(=O)(=O)c4ccc(F)cc4F)c3C)c(F)cn2)n1. The number of nitrogens with one attached hydrogen (secondary N) is 2. The molecule has 0 aliphatic rings. The van der Waals surface area contributed by atoms with Gasteiger partial charge in [0.05, 0.1) is 11.9 Å². The van der Waals surface area contributed by atoms with Crippen molar-refractivity contribution in [2.45, 2.75) is 18.7 Å². The van der Waals surface area contributed by atoms with Gasteiger partial charge in [0.1, 0.15) is 39.8 Å². The number of pyridine rings is 2. The van der Waals surface area contributed by atoms with E-state index in [1.807, 2.05) is 0 Å². The summed E-state index contributed by atoms with van der Waals surface area (Å²) in [6.07, 6.45) is 3.80. The van der Waals surface area contributed by atoms with E-state index in [1.54, 1.807) is 19.2 Å². The number of halogens is 4. The van der Waals surface area contributed by atoms with Crippen LogP contribution in [0.15, 0.2) is 53.8 Å². The molecular weight excluding hydrogens is 505 g/mol. The van der Waals surface area contributed by atoms with Crippen LogP contribution in [0.2, 0.25) is 5.15 Å². The lowest BCUT2D eigenvalue weighted by atomic mass is 10.0. The van der Waals surface area contributed by atoms with Gasteiger partial charge in [0.2, 0.25) is 0 Å². The molecular formula is C22H16ClF3N6O2S. The molecule has 0 spiro atoms. The highest BCUT2D eigenvalue weighted by molar-refractivity contribution is 7.92. The molecule has 35 heavy (non-hydrogen) atoms. The molecule has 180 valence electrons. The Kier molecular flexibility index (Phi) is 6.59. The van der Waals surface area contributed by atoms with Crippen molar-refractivity contribution in [1.82, 2.24) is 19.9 Å². The van der Waals surface area contributed by atoms with Gasteiger partial charge in [-0.1, -0.05) is 11.6 Å². The molecule has 0 bridgehead atoms. The van der Waals surface area contributed by atoms with Gasteiger partial charge >= 0.3 is 0 Å². The van der Waals surface area contributed by atoms with Crippen molar-refractivity contribution < 1.29 is 21.6 Å². The topological polar surface area (TPSA) is 110 Å². The molecule has 8 nitrogen and oxygen atoms in total. The molecule has 4 rings (SSSR count). The number of sulfonamides is 1. The number of nitrogens with zero attached hydrogens (tertiary/aromatic N) is 4. The summed E-state index contributed by atoms with van der Waals surface area (Å²) >= 11 is 6.12. The van der Waals surface area contributed by atoms with Crippen molar-refractivity contribution >= 4 is 38.9 Å². The highest BCUT2D eigenvalue weighted by Gasteiger charge is 2.24. The Morgan fingerprint density at radius 2 is 1.66 bits per heavy atom. The molecule has 2 N–H and O–H groups in total. The van der Waals surface area contributed by atoms with Crippen LogP contribution in [0.5, 0.6) is 0 Å². The average molecular weight is 521 g/mol. The fourth-order valence-corrected chi connectivity index (χ4v) is 4.70. The van der Waals surface area contributed by atoms with Crippen LogP contribution in [0.25, 0.3) is 11.1 Å². The molecule has 0 amide bonds. The van der Waals surface area contributed by atoms with Gasteiger partial charge in [-0.3, -0.25) is 4.72 Å². The zero-order valence-corrected chi connectivity index (χ0v) is 19.7. The summed E-state index contributed by atoms with van der Waals surface area (Å²) < 4.78 is 69.8. The molecule has 0 radical (unpaired) electrons. The standard InChI is InChI=1S/C22H16ClF3N6O2S/c1-11-15(14-8-20(28-10-17(14)26)31-19-5-6-27-12(2)30-19)9-29-22(23)21(11)32-35(33,34)18-4-3-13(24)7-16(18)25/h3-10,32H,1-2H3,(H,27,28,30,31). The monoisotopic (exact) mass is 520 g/mol. The summed E-state index contributed by atoms with van der Waals surface area (Å²) in [5, 5.41) is 2.69. The number of hydrogen-bond donors (Lipinski definition) is 2. The summed E-state index contributed by atoms with van der Waals surface area (Å²) in [6, 6.07) is 5.03. The lowest BCUT2D eigenvalue weighted by Gasteiger charge is -2.16. The molecule has 0 atom stereocenters.